The monoisotopic (exact) mass is 192 g/mol. The molecular weight excluding hydrogens is 180 g/mol. The maximum atomic E-state index is 11.3. The second-order valence-corrected chi connectivity index (χ2v) is 3.38. The Hall–Kier alpha value is -1.58. The normalized spacial score (nSPS) is 19.9. The highest BCUT2D eigenvalue weighted by Crippen LogP contribution is 2.29. The number of hydrogen-bond donors (Lipinski definition) is 0. The lowest BCUT2D eigenvalue weighted by Gasteiger charge is -2.33. The van der Waals surface area contributed by atoms with Gasteiger partial charge in [0.2, 0.25) is 5.88 Å². The number of fused-ring (bicyclic) bond motifs is 1. The van der Waals surface area contributed by atoms with Gasteiger partial charge >= 0.3 is 0 Å². The van der Waals surface area contributed by atoms with Gasteiger partial charge in [0.25, 0.3) is 0 Å². The van der Waals surface area contributed by atoms with Gasteiger partial charge in [-0.2, -0.15) is 0 Å². The van der Waals surface area contributed by atoms with Crippen LogP contribution in [0.2, 0.25) is 0 Å². The summed E-state index contributed by atoms with van der Waals surface area (Å²) in [6.45, 7) is 1.96. The number of pyridine rings is 1. The summed E-state index contributed by atoms with van der Waals surface area (Å²) < 4.78 is 5.39. The van der Waals surface area contributed by atoms with Crippen molar-refractivity contribution in [1.82, 2.24) is 4.98 Å². The molecule has 1 aromatic rings. The Labute approximate surface area is 82.5 Å². The fourth-order valence-electron chi connectivity index (χ4n) is 1.59. The van der Waals surface area contributed by atoms with Crippen LogP contribution >= 0.6 is 0 Å². The van der Waals surface area contributed by atoms with Gasteiger partial charge in [-0.25, -0.2) is 4.98 Å². The molecule has 14 heavy (non-hydrogen) atoms. The van der Waals surface area contributed by atoms with E-state index in [-0.39, 0.29) is 11.8 Å². The lowest BCUT2D eigenvalue weighted by atomic mass is 10.1. The SMILES string of the molecule is CC(=O)C1COc2ncccc2N1C. The number of aromatic nitrogens is 1. The van der Waals surface area contributed by atoms with Gasteiger partial charge in [-0.3, -0.25) is 4.79 Å². The van der Waals surface area contributed by atoms with Gasteiger partial charge in [0, 0.05) is 13.2 Å². The van der Waals surface area contributed by atoms with Crippen LogP contribution in [0.15, 0.2) is 18.3 Å². The molecule has 0 aromatic carbocycles. The molecule has 2 heterocycles. The molecular formula is C10H12N2O2. The van der Waals surface area contributed by atoms with Crippen molar-refractivity contribution in [2.24, 2.45) is 0 Å². The Kier molecular flexibility index (Phi) is 2.11. The first-order chi connectivity index (χ1) is 6.70. The molecule has 0 bridgehead atoms. The van der Waals surface area contributed by atoms with E-state index >= 15 is 0 Å². The van der Waals surface area contributed by atoms with Crippen LogP contribution in [-0.4, -0.2) is 30.5 Å². The van der Waals surface area contributed by atoms with E-state index in [1.807, 2.05) is 24.1 Å². The largest absolute Gasteiger partial charge is 0.474 e. The highest BCUT2D eigenvalue weighted by Gasteiger charge is 2.28. The molecule has 0 spiro atoms. The maximum absolute atomic E-state index is 11.3. The Morgan fingerprint density at radius 1 is 1.71 bits per heavy atom. The minimum atomic E-state index is -0.188. The smallest absolute Gasteiger partial charge is 0.237 e. The van der Waals surface area contributed by atoms with Gasteiger partial charge in [0.15, 0.2) is 5.78 Å². The molecule has 1 aliphatic heterocycles. The van der Waals surface area contributed by atoms with Gasteiger partial charge in [-0.1, -0.05) is 0 Å². The number of hydrogen-bond acceptors (Lipinski definition) is 4. The summed E-state index contributed by atoms with van der Waals surface area (Å²) in [4.78, 5) is 17.3. The van der Waals surface area contributed by atoms with E-state index in [0.29, 0.717) is 12.5 Å². The number of rotatable bonds is 1. The topological polar surface area (TPSA) is 42.4 Å². The summed E-state index contributed by atoms with van der Waals surface area (Å²) in [5.41, 5.74) is 0.874. The van der Waals surface area contributed by atoms with Gasteiger partial charge in [0.05, 0.1) is 0 Å². The summed E-state index contributed by atoms with van der Waals surface area (Å²) in [5.74, 6) is 0.717. The molecule has 2 rings (SSSR count). The van der Waals surface area contributed by atoms with Crippen LogP contribution < -0.4 is 9.64 Å². The average molecular weight is 192 g/mol. The number of ketones is 1. The summed E-state index contributed by atoms with van der Waals surface area (Å²) in [6.07, 6.45) is 1.68. The number of anilines is 1. The van der Waals surface area contributed by atoms with Crippen LogP contribution in [0.4, 0.5) is 5.69 Å². The molecule has 4 nitrogen and oxygen atoms in total. The Morgan fingerprint density at radius 3 is 3.21 bits per heavy atom. The van der Waals surface area contributed by atoms with Crippen molar-refractivity contribution < 1.29 is 9.53 Å². The highest BCUT2D eigenvalue weighted by molar-refractivity contribution is 5.86. The van der Waals surface area contributed by atoms with E-state index in [2.05, 4.69) is 4.98 Å². The zero-order valence-corrected chi connectivity index (χ0v) is 8.23. The molecule has 0 radical (unpaired) electrons. The zero-order valence-electron chi connectivity index (χ0n) is 8.23. The predicted octanol–water partition coefficient (Wildman–Crippen LogP) is 0.868. The number of Topliss-reactive ketones (excluding diaryl/α,β-unsaturated/α-hetero) is 1. The third-order valence-electron chi connectivity index (χ3n) is 2.45. The summed E-state index contributed by atoms with van der Waals surface area (Å²) >= 11 is 0. The first-order valence-electron chi connectivity index (χ1n) is 4.51. The Balaban J connectivity index is 2.36. The molecule has 0 N–H and O–H groups in total. The minimum absolute atomic E-state index is 0.113. The van der Waals surface area contributed by atoms with Gasteiger partial charge in [0.1, 0.15) is 18.3 Å². The van der Waals surface area contributed by atoms with Crippen molar-refractivity contribution in [2.45, 2.75) is 13.0 Å². The number of likely N-dealkylation sites (N-methyl/N-ethyl adjacent to an activating group) is 1. The first kappa shape index (κ1) is 8.99. The number of carbonyl (C=O) groups is 1. The summed E-state index contributed by atoms with van der Waals surface area (Å²) in [5, 5.41) is 0. The molecule has 0 aliphatic carbocycles. The van der Waals surface area contributed by atoms with E-state index in [4.69, 9.17) is 4.74 Å². The quantitative estimate of drug-likeness (QED) is 0.662. The lowest BCUT2D eigenvalue weighted by molar-refractivity contribution is -0.119. The third kappa shape index (κ3) is 1.32. The lowest BCUT2D eigenvalue weighted by Crippen LogP contribution is -2.45. The average Bonchev–Trinajstić information content (AvgIpc) is 2.18. The van der Waals surface area contributed by atoms with Crippen LogP contribution in [0.3, 0.4) is 0 Å². The predicted molar refractivity (Wildman–Crippen MR) is 52.6 cm³/mol. The number of nitrogens with zero attached hydrogens (tertiary/aromatic N) is 2. The van der Waals surface area contributed by atoms with E-state index in [0.717, 1.165) is 5.69 Å². The van der Waals surface area contributed by atoms with E-state index < -0.39 is 0 Å². The van der Waals surface area contributed by atoms with E-state index in [1.165, 1.54) is 0 Å². The Morgan fingerprint density at radius 2 is 2.50 bits per heavy atom. The fraction of sp³-hybridized carbons (Fsp3) is 0.400. The minimum Gasteiger partial charge on any atom is -0.474 e. The molecule has 1 aromatic heterocycles. The fourth-order valence-corrected chi connectivity index (χ4v) is 1.59. The molecule has 0 fully saturated rings. The van der Waals surface area contributed by atoms with Crippen LogP contribution in [0.1, 0.15) is 6.92 Å². The van der Waals surface area contributed by atoms with Crippen LogP contribution in [0.25, 0.3) is 0 Å². The van der Waals surface area contributed by atoms with Crippen molar-refractivity contribution in [3.63, 3.8) is 0 Å². The van der Waals surface area contributed by atoms with E-state index in [9.17, 15) is 4.79 Å². The van der Waals surface area contributed by atoms with Crippen LogP contribution in [0, 0.1) is 0 Å². The van der Waals surface area contributed by atoms with Crippen molar-refractivity contribution in [3.8, 4) is 5.88 Å². The molecule has 1 atom stereocenters. The zero-order chi connectivity index (χ0) is 10.1. The molecule has 0 saturated carbocycles. The van der Waals surface area contributed by atoms with Crippen LogP contribution in [0.5, 0.6) is 5.88 Å². The Bertz CT molecular complexity index is 365. The van der Waals surface area contributed by atoms with Gasteiger partial charge in [-0.15, -0.1) is 0 Å². The second kappa shape index (κ2) is 3.29. The standard InChI is InChI=1S/C10H12N2O2/c1-7(13)9-6-14-10-8(12(9)2)4-3-5-11-10/h3-5,9H,6H2,1-2H3. The van der Waals surface area contributed by atoms with Crippen LogP contribution in [-0.2, 0) is 4.79 Å². The summed E-state index contributed by atoms with van der Waals surface area (Å²) in [6, 6.07) is 3.55. The summed E-state index contributed by atoms with van der Waals surface area (Å²) in [7, 11) is 1.88. The first-order valence-corrected chi connectivity index (χ1v) is 4.51. The van der Waals surface area contributed by atoms with Gasteiger partial charge in [-0.05, 0) is 19.1 Å². The second-order valence-electron chi connectivity index (χ2n) is 3.38. The molecule has 1 unspecified atom stereocenters. The third-order valence-corrected chi connectivity index (χ3v) is 2.45. The van der Waals surface area contributed by atoms with Crippen molar-refractivity contribution in [1.29, 1.82) is 0 Å². The molecule has 74 valence electrons. The van der Waals surface area contributed by atoms with Gasteiger partial charge < -0.3 is 9.64 Å². The molecule has 1 aliphatic rings. The highest BCUT2D eigenvalue weighted by atomic mass is 16.5. The number of carbonyl (C=O) groups excluding carboxylic acids is 1. The van der Waals surface area contributed by atoms with Crippen molar-refractivity contribution in [3.05, 3.63) is 18.3 Å². The van der Waals surface area contributed by atoms with E-state index in [1.54, 1.807) is 13.1 Å². The molecule has 4 heteroatoms. The van der Waals surface area contributed by atoms with Crippen molar-refractivity contribution >= 4 is 11.5 Å². The maximum Gasteiger partial charge on any atom is 0.237 e. The number of ether oxygens (including phenoxy) is 1. The molecule has 0 saturated heterocycles. The van der Waals surface area contributed by atoms with Crippen molar-refractivity contribution in [2.75, 3.05) is 18.6 Å². The molecule has 0 amide bonds.